The summed E-state index contributed by atoms with van der Waals surface area (Å²) in [5.41, 5.74) is 2.88. The van der Waals surface area contributed by atoms with Gasteiger partial charge in [-0.15, -0.1) is 0 Å². The SMILES string of the molecule is C/C(=C/C(=O)NC1CCCN(c2cc(C)ccc2F)C1)C1CC1. The highest BCUT2D eigenvalue weighted by molar-refractivity contribution is 5.88. The van der Waals surface area contributed by atoms with Crippen molar-refractivity contribution in [3.05, 3.63) is 41.2 Å². The molecular weight excluding hydrogens is 291 g/mol. The molecule has 3 nitrogen and oxygen atoms in total. The van der Waals surface area contributed by atoms with E-state index in [1.54, 1.807) is 12.1 Å². The summed E-state index contributed by atoms with van der Waals surface area (Å²) in [5.74, 6) is 0.419. The van der Waals surface area contributed by atoms with Crippen LogP contribution in [0.25, 0.3) is 0 Å². The van der Waals surface area contributed by atoms with Gasteiger partial charge in [0.15, 0.2) is 0 Å². The second-order valence-corrected chi connectivity index (χ2v) is 6.91. The lowest BCUT2D eigenvalue weighted by atomic mass is 10.0. The van der Waals surface area contributed by atoms with E-state index < -0.39 is 0 Å². The summed E-state index contributed by atoms with van der Waals surface area (Å²) in [6.45, 7) is 5.51. The molecule has 0 bridgehead atoms. The molecule has 0 aromatic heterocycles. The Morgan fingerprint density at radius 1 is 1.35 bits per heavy atom. The summed E-state index contributed by atoms with van der Waals surface area (Å²) in [4.78, 5) is 14.2. The van der Waals surface area contributed by atoms with E-state index in [1.807, 2.05) is 24.8 Å². The van der Waals surface area contributed by atoms with Gasteiger partial charge in [-0.3, -0.25) is 4.79 Å². The molecule has 23 heavy (non-hydrogen) atoms. The summed E-state index contributed by atoms with van der Waals surface area (Å²) in [6.07, 6.45) is 6.07. The predicted octanol–water partition coefficient (Wildman–Crippen LogP) is 3.58. The molecule has 3 rings (SSSR count). The van der Waals surface area contributed by atoms with Gasteiger partial charge in [-0.2, -0.15) is 0 Å². The summed E-state index contributed by atoms with van der Waals surface area (Å²) >= 11 is 0. The monoisotopic (exact) mass is 316 g/mol. The van der Waals surface area contributed by atoms with Crippen LogP contribution in [0, 0.1) is 18.7 Å². The van der Waals surface area contributed by atoms with Crippen molar-refractivity contribution in [2.75, 3.05) is 18.0 Å². The number of benzene rings is 1. The van der Waals surface area contributed by atoms with Crippen LogP contribution in [-0.2, 0) is 4.79 Å². The molecule has 1 unspecified atom stereocenters. The number of aryl methyl sites for hydroxylation is 1. The van der Waals surface area contributed by atoms with Gasteiger partial charge < -0.3 is 10.2 Å². The largest absolute Gasteiger partial charge is 0.367 e. The van der Waals surface area contributed by atoms with Gasteiger partial charge in [0.2, 0.25) is 5.91 Å². The van der Waals surface area contributed by atoms with E-state index in [9.17, 15) is 9.18 Å². The number of rotatable bonds is 4. The lowest BCUT2D eigenvalue weighted by Gasteiger charge is -2.35. The van der Waals surface area contributed by atoms with Crippen molar-refractivity contribution < 1.29 is 9.18 Å². The fourth-order valence-electron chi connectivity index (χ4n) is 3.28. The molecule has 4 heteroatoms. The fraction of sp³-hybridized carbons (Fsp3) is 0.526. The molecule has 124 valence electrons. The van der Waals surface area contributed by atoms with Gasteiger partial charge in [-0.1, -0.05) is 11.6 Å². The minimum atomic E-state index is -0.188. The number of nitrogens with one attached hydrogen (secondary N) is 1. The third kappa shape index (κ3) is 4.12. The van der Waals surface area contributed by atoms with Gasteiger partial charge >= 0.3 is 0 Å². The van der Waals surface area contributed by atoms with Crippen molar-refractivity contribution in [3.63, 3.8) is 0 Å². The fourth-order valence-corrected chi connectivity index (χ4v) is 3.28. The number of anilines is 1. The first-order valence-electron chi connectivity index (χ1n) is 8.52. The quantitative estimate of drug-likeness (QED) is 0.861. The molecule has 2 aliphatic rings. The number of amides is 1. The molecule has 0 spiro atoms. The zero-order chi connectivity index (χ0) is 16.4. The number of nitrogens with zero attached hydrogens (tertiary/aromatic N) is 1. The first kappa shape index (κ1) is 16.0. The maximum atomic E-state index is 14.1. The molecule has 1 aromatic rings. The minimum Gasteiger partial charge on any atom is -0.367 e. The Bertz CT molecular complexity index is 622. The number of carbonyl (C=O) groups is 1. The van der Waals surface area contributed by atoms with Crippen LogP contribution in [0.1, 0.15) is 38.2 Å². The number of halogens is 1. The average Bonchev–Trinajstić information content (AvgIpc) is 3.34. The zero-order valence-corrected chi connectivity index (χ0v) is 13.9. The van der Waals surface area contributed by atoms with E-state index in [2.05, 4.69) is 5.32 Å². The van der Waals surface area contributed by atoms with Gasteiger partial charge in [0, 0.05) is 25.2 Å². The van der Waals surface area contributed by atoms with Crippen LogP contribution in [0.2, 0.25) is 0 Å². The number of hydrogen-bond acceptors (Lipinski definition) is 2. The van der Waals surface area contributed by atoms with E-state index in [4.69, 9.17) is 0 Å². The topological polar surface area (TPSA) is 32.3 Å². The highest BCUT2D eigenvalue weighted by Gasteiger charge is 2.25. The molecule has 1 saturated heterocycles. The van der Waals surface area contributed by atoms with Crippen LogP contribution >= 0.6 is 0 Å². The third-order valence-corrected chi connectivity index (χ3v) is 4.79. The maximum absolute atomic E-state index is 14.1. The lowest BCUT2D eigenvalue weighted by Crippen LogP contribution is -2.47. The summed E-state index contributed by atoms with van der Waals surface area (Å²) in [5, 5.41) is 3.09. The van der Waals surface area contributed by atoms with Gasteiger partial charge in [0.1, 0.15) is 5.82 Å². The molecule has 1 heterocycles. The first-order chi connectivity index (χ1) is 11.0. The Kier molecular flexibility index (Phi) is 4.69. The van der Waals surface area contributed by atoms with E-state index in [1.165, 1.54) is 24.5 Å². The number of hydrogen-bond donors (Lipinski definition) is 1. The van der Waals surface area contributed by atoms with Gasteiger partial charge in [-0.05, 0) is 63.1 Å². The molecule has 2 fully saturated rings. The normalized spacial score (nSPS) is 22.1. The van der Waals surface area contributed by atoms with Crippen LogP contribution in [0.5, 0.6) is 0 Å². The Labute approximate surface area is 137 Å². The summed E-state index contributed by atoms with van der Waals surface area (Å²) in [6, 6.07) is 5.28. The second kappa shape index (κ2) is 6.73. The predicted molar refractivity (Wildman–Crippen MR) is 91.0 cm³/mol. The third-order valence-electron chi connectivity index (χ3n) is 4.79. The van der Waals surface area contributed by atoms with Crippen LogP contribution in [0.3, 0.4) is 0 Å². The zero-order valence-electron chi connectivity index (χ0n) is 13.9. The number of carbonyl (C=O) groups excluding carboxylic acids is 1. The van der Waals surface area contributed by atoms with Gasteiger partial charge in [0.25, 0.3) is 0 Å². The average molecular weight is 316 g/mol. The number of piperidine rings is 1. The molecule has 0 radical (unpaired) electrons. The smallest absolute Gasteiger partial charge is 0.244 e. The van der Waals surface area contributed by atoms with E-state index in [0.717, 1.165) is 24.9 Å². The van der Waals surface area contributed by atoms with Crippen molar-refractivity contribution in [2.45, 2.75) is 45.6 Å². The molecule has 1 aliphatic heterocycles. The Hall–Kier alpha value is -1.84. The van der Waals surface area contributed by atoms with Crippen molar-refractivity contribution in [3.8, 4) is 0 Å². The van der Waals surface area contributed by atoms with E-state index in [0.29, 0.717) is 18.2 Å². The second-order valence-electron chi connectivity index (χ2n) is 6.91. The van der Waals surface area contributed by atoms with E-state index >= 15 is 0 Å². The molecular formula is C19H25FN2O. The summed E-state index contributed by atoms with van der Waals surface area (Å²) < 4.78 is 14.1. The summed E-state index contributed by atoms with van der Waals surface area (Å²) in [7, 11) is 0. The molecule has 1 atom stereocenters. The standard InChI is InChI=1S/C19H25FN2O/c1-13-5-8-17(20)18(10-13)22-9-3-4-16(12-22)21-19(23)11-14(2)15-6-7-15/h5,8,10-11,15-16H,3-4,6-7,9,12H2,1-2H3,(H,21,23)/b14-11-. The van der Waals surface area contributed by atoms with Crippen molar-refractivity contribution in [2.24, 2.45) is 5.92 Å². The van der Waals surface area contributed by atoms with Crippen molar-refractivity contribution in [1.29, 1.82) is 0 Å². The van der Waals surface area contributed by atoms with Gasteiger partial charge in [0.05, 0.1) is 5.69 Å². The minimum absolute atomic E-state index is 0.00837. The van der Waals surface area contributed by atoms with Crippen molar-refractivity contribution in [1.82, 2.24) is 5.32 Å². The molecule has 1 amide bonds. The van der Waals surface area contributed by atoms with Gasteiger partial charge in [-0.25, -0.2) is 4.39 Å². The highest BCUT2D eigenvalue weighted by Crippen LogP contribution is 2.35. The van der Waals surface area contributed by atoms with E-state index in [-0.39, 0.29) is 17.8 Å². The molecule has 1 N–H and O–H groups in total. The highest BCUT2D eigenvalue weighted by atomic mass is 19.1. The molecule has 1 aliphatic carbocycles. The first-order valence-corrected chi connectivity index (χ1v) is 8.52. The van der Waals surface area contributed by atoms with Crippen molar-refractivity contribution >= 4 is 11.6 Å². The van der Waals surface area contributed by atoms with Crippen LogP contribution in [0.4, 0.5) is 10.1 Å². The number of allylic oxidation sites excluding steroid dienone is 1. The Morgan fingerprint density at radius 3 is 2.87 bits per heavy atom. The van der Waals surface area contributed by atoms with Crippen LogP contribution in [-0.4, -0.2) is 25.0 Å². The van der Waals surface area contributed by atoms with Crippen LogP contribution in [0.15, 0.2) is 29.8 Å². The van der Waals surface area contributed by atoms with Crippen LogP contribution < -0.4 is 10.2 Å². The molecule has 1 saturated carbocycles. The Morgan fingerprint density at radius 2 is 2.13 bits per heavy atom. The lowest BCUT2D eigenvalue weighted by molar-refractivity contribution is -0.117. The maximum Gasteiger partial charge on any atom is 0.244 e. The Balaban J connectivity index is 1.62. The molecule has 1 aromatic carbocycles.